The molecule has 15 nitrogen and oxygen atoms in total. The van der Waals surface area contributed by atoms with Gasteiger partial charge in [0.2, 0.25) is 5.91 Å². The average molecular weight is 921 g/mol. The molecule has 354 valence electrons. The van der Waals surface area contributed by atoms with Crippen LogP contribution in [0.25, 0.3) is 54.7 Å². The summed E-state index contributed by atoms with van der Waals surface area (Å²) >= 11 is 0. The Balaban J connectivity index is 0.993. The zero-order valence-electron chi connectivity index (χ0n) is 39.9. The molecule has 4 heterocycles. The maximum atomic E-state index is 14.6. The predicted octanol–water partition coefficient (Wildman–Crippen LogP) is 9.76. The Hall–Kier alpha value is -7.00. The van der Waals surface area contributed by atoms with Gasteiger partial charge in [-0.1, -0.05) is 87.5 Å². The number of carboxylic acid groups (broad SMARTS) is 1. The van der Waals surface area contributed by atoms with Crippen molar-refractivity contribution < 1.29 is 33.8 Å². The zero-order valence-corrected chi connectivity index (χ0v) is 39.9. The van der Waals surface area contributed by atoms with Crippen LogP contribution in [0.1, 0.15) is 89.7 Å². The van der Waals surface area contributed by atoms with Crippen molar-refractivity contribution in [3.8, 4) is 11.1 Å². The summed E-state index contributed by atoms with van der Waals surface area (Å²) in [6.45, 7) is 12.7. The van der Waals surface area contributed by atoms with Gasteiger partial charge >= 0.3 is 12.2 Å². The Morgan fingerprint density at radius 1 is 0.794 bits per heavy atom. The highest BCUT2D eigenvalue weighted by molar-refractivity contribution is 6.07. The molecule has 2 aromatic heterocycles. The van der Waals surface area contributed by atoms with E-state index in [9.17, 15) is 24.3 Å². The normalized spacial score (nSPS) is 19.6. The third-order valence-electron chi connectivity index (χ3n) is 13.5. The van der Waals surface area contributed by atoms with E-state index in [4.69, 9.17) is 19.4 Å². The first kappa shape index (κ1) is 46.1. The van der Waals surface area contributed by atoms with Crippen molar-refractivity contribution >= 4 is 67.6 Å². The number of carbonyl (C=O) groups is 4. The molecular formula is C53H60N8O7. The minimum Gasteiger partial charge on any atom is -0.465 e. The summed E-state index contributed by atoms with van der Waals surface area (Å²) in [6.07, 6.45) is -0.449. The molecule has 0 saturated carbocycles. The first-order valence-electron chi connectivity index (χ1n) is 23.4. The molecule has 6 atom stereocenters. The highest BCUT2D eigenvalue weighted by Crippen LogP contribution is 2.40. The smallest absolute Gasteiger partial charge is 0.408 e. The molecule has 0 spiro atoms. The van der Waals surface area contributed by atoms with E-state index in [0.29, 0.717) is 43.3 Å². The number of hydrogen-bond acceptors (Lipinski definition) is 8. The van der Waals surface area contributed by atoms with Crippen molar-refractivity contribution in [2.45, 2.75) is 84.2 Å². The highest BCUT2D eigenvalue weighted by atomic mass is 16.6. The molecule has 4 N–H and O–H groups in total. The molecule has 15 heteroatoms. The molecule has 5 aromatic carbocycles. The van der Waals surface area contributed by atoms with Gasteiger partial charge in [0, 0.05) is 43.9 Å². The number of alkyl carbamates (subject to hydrolysis) is 1. The van der Waals surface area contributed by atoms with Gasteiger partial charge in [-0.3, -0.25) is 14.5 Å². The Kier molecular flexibility index (Phi) is 12.4. The fourth-order valence-corrected chi connectivity index (χ4v) is 10.4. The second-order valence-electron chi connectivity index (χ2n) is 20.0. The number of nitrogens with one attached hydrogen (secondary N) is 3. The van der Waals surface area contributed by atoms with Crippen LogP contribution in [0, 0.1) is 17.8 Å². The van der Waals surface area contributed by atoms with Crippen molar-refractivity contribution in [3.63, 3.8) is 0 Å². The fourth-order valence-electron chi connectivity index (χ4n) is 10.4. The maximum absolute atomic E-state index is 14.6. The van der Waals surface area contributed by atoms with Crippen LogP contribution >= 0.6 is 0 Å². The standard InChI is InChI=1S/C53H60N8O7/c1-29(2)46(59(7)52(65)66)50(63)60-26-30(3)22-41(60)47-54-39-20-16-35-24-33(14-18-37(35)44(39)56-47)34-15-19-38-36(25-34)17-21-40-45(38)57-48(55-40)42-23-31(28-67-8)27-61(42)49(62)43(32-12-10-9-11-13-32)58-51(64)68-53(4,5)6/h9-21,24-25,29-31,41-43,46H,22-23,26-28H2,1-8H3,(H,54,56)(H,55,57)(H,58,64)(H,65,66)/t30-,31-,41-,42-,43+,46-/m0/s1. The molecule has 0 aliphatic carbocycles. The topological polar surface area (TPSA) is 186 Å². The number of H-pyrrole nitrogens is 2. The van der Waals surface area contributed by atoms with E-state index in [1.54, 1.807) is 27.9 Å². The van der Waals surface area contributed by atoms with Crippen molar-refractivity contribution in [3.05, 3.63) is 108 Å². The summed E-state index contributed by atoms with van der Waals surface area (Å²) in [5.74, 6) is 0.995. The van der Waals surface area contributed by atoms with Gasteiger partial charge < -0.3 is 39.7 Å². The molecule has 7 aromatic rings. The molecule has 2 saturated heterocycles. The van der Waals surface area contributed by atoms with Crippen molar-refractivity contribution in [2.24, 2.45) is 17.8 Å². The van der Waals surface area contributed by atoms with Crippen molar-refractivity contribution in [1.82, 2.24) is 40.0 Å². The van der Waals surface area contributed by atoms with E-state index in [1.165, 1.54) is 7.05 Å². The first-order valence-corrected chi connectivity index (χ1v) is 23.4. The van der Waals surface area contributed by atoms with E-state index in [2.05, 4.69) is 70.7 Å². The van der Waals surface area contributed by atoms with Crippen LogP contribution in [0.5, 0.6) is 0 Å². The monoisotopic (exact) mass is 920 g/mol. The summed E-state index contributed by atoms with van der Waals surface area (Å²) in [5.41, 5.74) is 5.35. The zero-order chi connectivity index (χ0) is 48.2. The number of imidazole rings is 2. The average Bonchev–Trinajstić information content (AvgIpc) is 4.12. The van der Waals surface area contributed by atoms with Crippen LogP contribution in [0.15, 0.2) is 91.0 Å². The minimum absolute atomic E-state index is 0.0574. The molecule has 0 unspecified atom stereocenters. The SMILES string of the molecule is COC[C@H]1C[C@@H](c2nc3ccc4cc(-c5ccc6c(ccc7nc([C@@H]8C[C@H](C)CN8C(=O)[C@H](C(C)C)N(C)C(=O)O)[nH]c76)c5)ccc4c3[nH]2)N(C(=O)[C@H](NC(=O)OC(C)(C)C)c2ccccc2)C1. The number of amides is 4. The lowest BCUT2D eigenvalue weighted by molar-refractivity contribution is -0.138. The maximum Gasteiger partial charge on any atom is 0.408 e. The Labute approximate surface area is 395 Å². The Morgan fingerprint density at radius 2 is 1.35 bits per heavy atom. The van der Waals surface area contributed by atoms with Crippen LogP contribution in [0.4, 0.5) is 9.59 Å². The number of carbonyl (C=O) groups excluding carboxylic acids is 3. The van der Waals surface area contributed by atoms with Crippen LogP contribution in [0.3, 0.4) is 0 Å². The Bertz CT molecular complexity index is 3050. The fraction of sp³-hybridized carbons (Fsp3) is 0.396. The van der Waals surface area contributed by atoms with Crippen LogP contribution in [-0.4, -0.2) is 109 Å². The van der Waals surface area contributed by atoms with E-state index in [1.807, 2.05) is 66.1 Å². The summed E-state index contributed by atoms with van der Waals surface area (Å²) in [4.78, 5) is 75.7. The third kappa shape index (κ3) is 8.94. The van der Waals surface area contributed by atoms with Gasteiger partial charge in [-0.25, -0.2) is 19.6 Å². The van der Waals surface area contributed by atoms with Gasteiger partial charge in [0.15, 0.2) is 0 Å². The number of likely N-dealkylation sites (tertiary alicyclic amines) is 2. The second-order valence-corrected chi connectivity index (χ2v) is 20.0. The number of aromatic amines is 2. The van der Waals surface area contributed by atoms with Gasteiger partial charge in [0.05, 0.1) is 40.8 Å². The third-order valence-corrected chi connectivity index (χ3v) is 13.5. The van der Waals surface area contributed by atoms with Crippen LogP contribution in [-0.2, 0) is 19.1 Å². The quantitative estimate of drug-likeness (QED) is 0.0980. The molecule has 68 heavy (non-hydrogen) atoms. The molecule has 0 radical (unpaired) electrons. The minimum atomic E-state index is -1.13. The number of ether oxygens (including phenoxy) is 2. The van der Waals surface area contributed by atoms with Gasteiger partial charge in [-0.15, -0.1) is 0 Å². The lowest BCUT2D eigenvalue weighted by Crippen LogP contribution is -2.51. The highest BCUT2D eigenvalue weighted by Gasteiger charge is 2.43. The van der Waals surface area contributed by atoms with Gasteiger partial charge in [0.1, 0.15) is 29.3 Å². The molecule has 2 aliphatic rings. The number of likely N-dealkylation sites (N-methyl/N-ethyl adjacent to an activating group) is 1. The Morgan fingerprint density at radius 3 is 1.88 bits per heavy atom. The van der Waals surface area contributed by atoms with Gasteiger partial charge in [0.25, 0.3) is 5.91 Å². The molecule has 0 bridgehead atoms. The number of aromatic nitrogens is 4. The number of benzene rings is 5. The van der Waals surface area contributed by atoms with E-state index in [0.717, 1.165) is 66.1 Å². The number of rotatable bonds is 11. The van der Waals surface area contributed by atoms with E-state index in [-0.39, 0.29) is 35.6 Å². The summed E-state index contributed by atoms with van der Waals surface area (Å²) in [6, 6.07) is 27.7. The lowest BCUT2D eigenvalue weighted by atomic mass is 9.98. The molecule has 9 rings (SSSR count). The first-order chi connectivity index (χ1) is 32.5. The summed E-state index contributed by atoms with van der Waals surface area (Å²) < 4.78 is 11.2. The number of nitrogens with zero attached hydrogens (tertiary/aromatic N) is 5. The predicted molar refractivity (Wildman–Crippen MR) is 262 cm³/mol. The molecular weight excluding hydrogens is 861 g/mol. The molecule has 2 fully saturated rings. The lowest BCUT2D eigenvalue weighted by Gasteiger charge is -2.33. The number of hydrogen-bond donors (Lipinski definition) is 4. The van der Waals surface area contributed by atoms with E-state index < -0.39 is 35.9 Å². The van der Waals surface area contributed by atoms with Gasteiger partial charge in [-0.05, 0) is 97.2 Å². The summed E-state index contributed by atoms with van der Waals surface area (Å²) in [7, 11) is 3.12. The van der Waals surface area contributed by atoms with Crippen molar-refractivity contribution in [2.75, 3.05) is 33.9 Å². The largest absolute Gasteiger partial charge is 0.465 e. The second kappa shape index (κ2) is 18.2. The van der Waals surface area contributed by atoms with E-state index >= 15 is 0 Å². The van der Waals surface area contributed by atoms with Gasteiger partial charge in [-0.2, -0.15) is 0 Å². The summed E-state index contributed by atoms with van der Waals surface area (Å²) in [5, 5.41) is 16.7. The van der Waals surface area contributed by atoms with Crippen LogP contribution < -0.4 is 5.32 Å². The molecule has 2 aliphatic heterocycles. The van der Waals surface area contributed by atoms with Crippen LogP contribution in [0.2, 0.25) is 0 Å². The number of methoxy groups -OCH3 is 1. The molecule has 4 amide bonds. The number of fused-ring (bicyclic) bond motifs is 6. The van der Waals surface area contributed by atoms with Crippen molar-refractivity contribution in [1.29, 1.82) is 0 Å².